The number of primary amides is 1. The lowest BCUT2D eigenvalue weighted by molar-refractivity contribution is -0.123. The molecule has 1 aromatic carbocycles. The summed E-state index contributed by atoms with van der Waals surface area (Å²) in [6.45, 7) is 0.577. The van der Waals surface area contributed by atoms with Gasteiger partial charge in [0.25, 0.3) is 11.8 Å². The number of carbonyl (C=O) groups excluding carboxylic acids is 2. The average molecular weight is 237 g/mol. The summed E-state index contributed by atoms with van der Waals surface area (Å²) in [6, 6.07) is 6.48. The van der Waals surface area contributed by atoms with E-state index in [1.165, 1.54) is 6.07 Å². The molecule has 92 valence electrons. The largest absolute Gasteiger partial charge is 0.483 e. The first-order chi connectivity index (χ1) is 8.15. The number of nitrogens with two attached hydrogens (primary N) is 2. The van der Waals surface area contributed by atoms with Gasteiger partial charge in [0, 0.05) is 13.1 Å². The minimum absolute atomic E-state index is 0.176. The number of carbonyl (C=O) groups is 2. The van der Waals surface area contributed by atoms with Gasteiger partial charge >= 0.3 is 0 Å². The first-order valence-electron chi connectivity index (χ1n) is 5.13. The predicted octanol–water partition coefficient (Wildman–Crippen LogP) is -0.761. The first-order valence-corrected chi connectivity index (χ1v) is 5.13. The SMILES string of the molecule is NCCNC(=O)COc1ccccc1C(N)=O. The molecule has 2 amide bonds. The first kappa shape index (κ1) is 13.0. The van der Waals surface area contributed by atoms with Crippen LogP contribution in [0.3, 0.4) is 0 Å². The van der Waals surface area contributed by atoms with Crippen LogP contribution in [0.2, 0.25) is 0 Å². The molecule has 0 fully saturated rings. The van der Waals surface area contributed by atoms with Gasteiger partial charge in [-0.3, -0.25) is 9.59 Å². The van der Waals surface area contributed by atoms with Gasteiger partial charge in [-0.2, -0.15) is 0 Å². The normalized spacial score (nSPS) is 9.71. The Bertz CT molecular complexity index is 407. The van der Waals surface area contributed by atoms with Crippen LogP contribution in [0.5, 0.6) is 5.75 Å². The van der Waals surface area contributed by atoms with Crippen molar-refractivity contribution < 1.29 is 14.3 Å². The second kappa shape index (κ2) is 6.49. The second-order valence-corrected chi connectivity index (χ2v) is 3.29. The van der Waals surface area contributed by atoms with Crippen LogP contribution in [0.1, 0.15) is 10.4 Å². The fraction of sp³-hybridized carbons (Fsp3) is 0.273. The van der Waals surface area contributed by atoms with Crippen molar-refractivity contribution in [2.45, 2.75) is 0 Å². The van der Waals surface area contributed by atoms with Gasteiger partial charge in [-0.05, 0) is 12.1 Å². The summed E-state index contributed by atoms with van der Waals surface area (Å²) in [5.74, 6) is -0.597. The molecule has 0 spiro atoms. The van der Waals surface area contributed by atoms with Crippen LogP contribution in [0.25, 0.3) is 0 Å². The summed E-state index contributed by atoms with van der Waals surface area (Å²) in [5.41, 5.74) is 10.6. The molecule has 0 aromatic heterocycles. The Balaban J connectivity index is 2.57. The zero-order valence-electron chi connectivity index (χ0n) is 9.31. The predicted molar refractivity (Wildman–Crippen MR) is 62.5 cm³/mol. The number of benzene rings is 1. The molecule has 0 heterocycles. The zero-order valence-corrected chi connectivity index (χ0v) is 9.31. The van der Waals surface area contributed by atoms with Crippen molar-refractivity contribution in [1.82, 2.24) is 5.32 Å². The Kier molecular flexibility index (Phi) is 4.96. The molecular formula is C11H15N3O3. The number of para-hydroxylation sites is 1. The highest BCUT2D eigenvalue weighted by Gasteiger charge is 2.09. The Morgan fingerprint density at radius 1 is 1.29 bits per heavy atom. The Morgan fingerprint density at radius 3 is 2.65 bits per heavy atom. The molecule has 1 aromatic rings. The third-order valence-electron chi connectivity index (χ3n) is 1.98. The lowest BCUT2D eigenvalue weighted by atomic mass is 10.2. The Morgan fingerprint density at radius 2 is 2.00 bits per heavy atom. The molecule has 6 nitrogen and oxygen atoms in total. The Hall–Kier alpha value is -2.08. The fourth-order valence-corrected chi connectivity index (χ4v) is 1.20. The number of rotatable bonds is 6. The van der Waals surface area contributed by atoms with Crippen LogP contribution >= 0.6 is 0 Å². The quantitative estimate of drug-likeness (QED) is 0.604. The molecule has 0 saturated carbocycles. The molecule has 0 unspecified atom stereocenters. The molecule has 0 atom stereocenters. The molecule has 0 saturated heterocycles. The molecule has 0 aliphatic rings. The minimum atomic E-state index is -0.594. The molecule has 1 rings (SSSR count). The van der Waals surface area contributed by atoms with Gasteiger partial charge < -0.3 is 21.5 Å². The van der Waals surface area contributed by atoms with Crippen LogP contribution in [-0.4, -0.2) is 31.5 Å². The van der Waals surface area contributed by atoms with Gasteiger partial charge in [-0.1, -0.05) is 12.1 Å². The van der Waals surface area contributed by atoms with E-state index in [-0.39, 0.29) is 18.1 Å². The van der Waals surface area contributed by atoms with Crippen LogP contribution in [0.4, 0.5) is 0 Å². The van der Waals surface area contributed by atoms with Crippen LogP contribution in [-0.2, 0) is 4.79 Å². The number of nitrogens with one attached hydrogen (secondary N) is 1. The van der Waals surface area contributed by atoms with E-state index in [1.54, 1.807) is 18.2 Å². The standard InChI is InChI=1S/C11H15N3O3/c12-5-6-14-10(15)7-17-9-4-2-1-3-8(9)11(13)16/h1-4H,5-7,12H2,(H2,13,16)(H,14,15). The lowest BCUT2D eigenvalue weighted by Gasteiger charge is -2.09. The van der Waals surface area contributed by atoms with E-state index in [0.29, 0.717) is 18.8 Å². The minimum Gasteiger partial charge on any atom is -0.483 e. The van der Waals surface area contributed by atoms with Gasteiger partial charge in [-0.25, -0.2) is 0 Å². The average Bonchev–Trinajstić information content (AvgIpc) is 2.34. The lowest BCUT2D eigenvalue weighted by Crippen LogP contribution is -2.33. The summed E-state index contributed by atoms with van der Waals surface area (Å²) in [4.78, 5) is 22.3. The van der Waals surface area contributed by atoms with Crippen molar-refractivity contribution in [3.63, 3.8) is 0 Å². The summed E-state index contributed by atoms with van der Waals surface area (Å²) < 4.78 is 5.20. The van der Waals surface area contributed by atoms with E-state index >= 15 is 0 Å². The highest BCUT2D eigenvalue weighted by molar-refractivity contribution is 5.95. The zero-order chi connectivity index (χ0) is 12.7. The van der Waals surface area contributed by atoms with E-state index in [1.807, 2.05) is 0 Å². The molecule has 0 radical (unpaired) electrons. The van der Waals surface area contributed by atoms with Gasteiger partial charge in [0.05, 0.1) is 5.56 Å². The maximum absolute atomic E-state index is 11.2. The summed E-state index contributed by atoms with van der Waals surface area (Å²) in [6.07, 6.45) is 0. The van der Waals surface area contributed by atoms with Crippen molar-refractivity contribution in [2.75, 3.05) is 19.7 Å². The summed E-state index contributed by atoms with van der Waals surface area (Å²) in [7, 11) is 0. The van der Waals surface area contributed by atoms with Crippen LogP contribution < -0.4 is 21.5 Å². The molecule has 6 heteroatoms. The topological polar surface area (TPSA) is 107 Å². The van der Waals surface area contributed by atoms with Crippen molar-refractivity contribution in [3.05, 3.63) is 29.8 Å². The second-order valence-electron chi connectivity index (χ2n) is 3.29. The highest BCUT2D eigenvalue weighted by atomic mass is 16.5. The van der Waals surface area contributed by atoms with E-state index in [0.717, 1.165) is 0 Å². The van der Waals surface area contributed by atoms with Crippen molar-refractivity contribution in [2.24, 2.45) is 11.5 Å². The number of hydrogen-bond acceptors (Lipinski definition) is 4. The molecule has 0 aliphatic carbocycles. The number of hydrogen-bond donors (Lipinski definition) is 3. The van der Waals surface area contributed by atoms with E-state index in [2.05, 4.69) is 5.32 Å². The molecule has 5 N–H and O–H groups in total. The van der Waals surface area contributed by atoms with Crippen molar-refractivity contribution >= 4 is 11.8 Å². The monoisotopic (exact) mass is 237 g/mol. The number of ether oxygens (including phenoxy) is 1. The van der Waals surface area contributed by atoms with Crippen LogP contribution in [0, 0.1) is 0 Å². The van der Waals surface area contributed by atoms with Gasteiger partial charge in [0.15, 0.2) is 6.61 Å². The Labute approximate surface area is 98.9 Å². The van der Waals surface area contributed by atoms with Gasteiger partial charge in [0.2, 0.25) is 0 Å². The molecule has 0 aliphatic heterocycles. The van der Waals surface area contributed by atoms with Gasteiger partial charge in [0.1, 0.15) is 5.75 Å². The maximum atomic E-state index is 11.2. The third kappa shape index (κ3) is 4.12. The van der Waals surface area contributed by atoms with Gasteiger partial charge in [-0.15, -0.1) is 0 Å². The number of amides is 2. The smallest absolute Gasteiger partial charge is 0.257 e. The molecule has 0 bridgehead atoms. The fourth-order valence-electron chi connectivity index (χ4n) is 1.20. The summed E-state index contributed by atoms with van der Waals surface area (Å²) in [5, 5.41) is 2.55. The van der Waals surface area contributed by atoms with Crippen molar-refractivity contribution in [3.8, 4) is 5.75 Å². The highest BCUT2D eigenvalue weighted by Crippen LogP contribution is 2.16. The third-order valence-corrected chi connectivity index (χ3v) is 1.98. The molecular weight excluding hydrogens is 222 g/mol. The van der Waals surface area contributed by atoms with E-state index < -0.39 is 5.91 Å². The summed E-state index contributed by atoms with van der Waals surface area (Å²) >= 11 is 0. The van der Waals surface area contributed by atoms with Crippen molar-refractivity contribution in [1.29, 1.82) is 0 Å². The molecule has 17 heavy (non-hydrogen) atoms. The maximum Gasteiger partial charge on any atom is 0.257 e. The van der Waals surface area contributed by atoms with E-state index in [4.69, 9.17) is 16.2 Å². The van der Waals surface area contributed by atoms with E-state index in [9.17, 15) is 9.59 Å². The van der Waals surface area contributed by atoms with Crippen LogP contribution in [0.15, 0.2) is 24.3 Å².